The lowest BCUT2D eigenvalue weighted by molar-refractivity contribution is 0.00711. The van der Waals surface area contributed by atoms with E-state index >= 15 is 0 Å². The first-order chi connectivity index (χ1) is 12.7. The molecule has 4 heteroatoms. The number of rotatable bonds is 21. The van der Waals surface area contributed by atoms with Gasteiger partial charge in [-0.2, -0.15) is 0 Å². The van der Waals surface area contributed by atoms with Crippen LogP contribution in [0.1, 0.15) is 116 Å². The third-order valence-electron chi connectivity index (χ3n) is 5.26. The molecule has 0 saturated heterocycles. The molecule has 0 amide bonds. The van der Waals surface area contributed by atoms with Gasteiger partial charge in [-0.1, -0.05) is 89.9 Å². The maximum absolute atomic E-state index is 10.0. The zero-order valence-corrected chi connectivity index (χ0v) is 17.1. The largest absolute Gasteiger partial charge is 0.396 e. The lowest BCUT2D eigenvalue weighted by Gasteiger charge is -2.17. The molecule has 0 aliphatic rings. The maximum Gasteiger partial charge on any atom is 0.0799 e. The minimum Gasteiger partial charge on any atom is -0.396 e. The summed E-state index contributed by atoms with van der Waals surface area (Å²) in [7, 11) is 0. The first kappa shape index (κ1) is 25.8. The molecule has 0 bridgehead atoms. The number of hydrogen-bond acceptors (Lipinski definition) is 4. The number of hydrogen-bond donors (Lipinski definition) is 4. The minimum atomic E-state index is -0.557. The highest BCUT2D eigenvalue weighted by atomic mass is 16.3. The second kappa shape index (κ2) is 21.1. The van der Waals surface area contributed by atoms with Crippen LogP contribution < -0.4 is 0 Å². The summed E-state index contributed by atoms with van der Waals surface area (Å²) < 4.78 is 0. The quantitative estimate of drug-likeness (QED) is 0.219. The molecule has 0 aliphatic carbocycles. The van der Waals surface area contributed by atoms with Crippen LogP contribution >= 0.6 is 0 Å². The molecule has 158 valence electrons. The second-order valence-electron chi connectivity index (χ2n) is 7.82. The van der Waals surface area contributed by atoms with Crippen LogP contribution in [0.4, 0.5) is 0 Å². The Hall–Kier alpha value is -0.160. The van der Waals surface area contributed by atoms with Gasteiger partial charge in [0.15, 0.2) is 0 Å². The molecule has 0 aromatic heterocycles. The molecule has 0 aromatic rings. The highest BCUT2D eigenvalue weighted by Crippen LogP contribution is 2.15. The van der Waals surface area contributed by atoms with E-state index in [4.69, 9.17) is 10.2 Å². The monoisotopic (exact) mass is 374 g/mol. The van der Waals surface area contributed by atoms with Gasteiger partial charge in [-0.15, -0.1) is 0 Å². The standard InChI is InChI=1S/C22H46O4/c23-19-15-11-7-3-1-5-9-13-17-21(25)22(26)18-14-10-6-2-4-8-12-16-20-24/h21-26H,1-20H2. The van der Waals surface area contributed by atoms with Crippen molar-refractivity contribution in [2.45, 2.75) is 128 Å². The molecular formula is C22H46O4. The molecular weight excluding hydrogens is 328 g/mol. The van der Waals surface area contributed by atoms with Gasteiger partial charge in [0.2, 0.25) is 0 Å². The summed E-state index contributed by atoms with van der Waals surface area (Å²) in [5.74, 6) is 0. The Morgan fingerprint density at radius 3 is 0.846 bits per heavy atom. The summed E-state index contributed by atoms with van der Waals surface area (Å²) in [6, 6.07) is 0. The molecule has 4 N–H and O–H groups in total. The molecule has 0 fully saturated rings. The van der Waals surface area contributed by atoms with Crippen molar-refractivity contribution in [2.75, 3.05) is 13.2 Å². The van der Waals surface area contributed by atoms with Crippen molar-refractivity contribution in [3.05, 3.63) is 0 Å². The Balaban J connectivity index is 3.31. The van der Waals surface area contributed by atoms with Gasteiger partial charge in [-0.05, 0) is 25.7 Å². The molecule has 0 rings (SSSR count). The third kappa shape index (κ3) is 18.6. The number of unbranched alkanes of at least 4 members (excludes halogenated alkanes) is 14. The number of aliphatic hydroxyl groups is 4. The summed E-state index contributed by atoms with van der Waals surface area (Å²) in [4.78, 5) is 0. The third-order valence-corrected chi connectivity index (χ3v) is 5.26. The molecule has 0 aliphatic heterocycles. The maximum atomic E-state index is 10.0. The van der Waals surface area contributed by atoms with Crippen molar-refractivity contribution in [3.63, 3.8) is 0 Å². The summed E-state index contributed by atoms with van der Waals surface area (Å²) >= 11 is 0. The Bertz CT molecular complexity index is 235. The summed E-state index contributed by atoms with van der Waals surface area (Å²) in [6.45, 7) is 0.622. The van der Waals surface area contributed by atoms with Gasteiger partial charge in [-0.3, -0.25) is 0 Å². The van der Waals surface area contributed by atoms with E-state index in [9.17, 15) is 10.2 Å². The van der Waals surface area contributed by atoms with Crippen LogP contribution in [-0.4, -0.2) is 45.8 Å². The van der Waals surface area contributed by atoms with Gasteiger partial charge in [0, 0.05) is 13.2 Å². The van der Waals surface area contributed by atoms with Gasteiger partial charge < -0.3 is 20.4 Å². The van der Waals surface area contributed by atoms with Crippen LogP contribution in [0.25, 0.3) is 0 Å². The number of aliphatic hydroxyl groups excluding tert-OH is 4. The van der Waals surface area contributed by atoms with E-state index in [0.717, 1.165) is 64.2 Å². The first-order valence-corrected chi connectivity index (χ1v) is 11.3. The van der Waals surface area contributed by atoms with Crippen molar-refractivity contribution in [1.82, 2.24) is 0 Å². The van der Waals surface area contributed by atoms with Gasteiger partial charge in [-0.25, -0.2) is 0 Å². The van der Waals surface area contributed by atoms with Gasteiger partial charge >= 0.3 is 0 Å². The SMILES string of the molecule is OCCCCCCCCCCC(O)C(O)CCCCCCCCCCO. The molecule has 2 atom stereocenters. The molecule has 0 heterocycles. The molecule has 2 unspecified atom stereocenters. The van der Waals surface area contributed by atoms with Crippen molar-refractivity contribution in [2.24, 2.45) is 0 Å². The fourth-order valence-electron chi connectivity index (χ4n) is 3.44. The van der Waals surface area contributed by atoms with E-state index in [1.807, 2.05) is 0 Å². The van der Waals surface area contributed by atoms with E-state index in [0.29, 0.717) is 13.2 Å². The normalized spacial score (nSPS) is 13.8. The van der Waals surface area contributed by atoms with Crippen LogP contribution in [0, 0.1) is 0 Å². The van der Waals surface area contributed by atoms with Crippen LogP contribution in [-0.2, 0) is 0 Å². The average Bonchev–Trinajstić information content (AvgIpc) is 2.65. The van der Waals surface area contributed by atoms with E-state index in [1.54, 1.807) is 0 Å². The summed E-state index contributed by atoms with van der Waals surface area (Å²) in [6.07, 6.45) is 18.5. The van der Waals surface area contributed by atoms with E-state index in [2.05, 4.69) is 0 Å². The second-order valence-corrected chi connectivity index (χ2v) is 7.82. The Labute approximate surface area is 162 Å². The Morgan fingerprint density at radius 1 is 0.346 bits per heavy atom. The van der Waals surface area contributed by atoms with Crippen molar-refractivity contribution < 1.29 is 20.4 Å². The smallest absolute Gasteiger partial charge is 0.0799 e. The van der Waals surface area contributed by atoms with Gasteiger partial charge in [0.05, 0.1) is 12.2 Å². The van der Waals surface area contributed by atoms with Crippen molar-refractivity contribution in [3.8, 4) is 0 Å². The van der Waals surface area contributed by atoms with Crippen molar-refractivity contribution >= 4 is 0 Å². The fourth-order valence-corrected chi connectivity index (χ4v) is 3.44. The predicted molar refractivity (Wildman–Crippen MR) is 109 cm³/mol. The molecule has 0 aromatic carbocycles. The van der Waals surface area contributed by atoms with Crippen LogP contribution in [0.15, 0.2) is 0 Å². The molecule has 0 saturated carbocycles. The summed E-state index contributed by atoms with van der Waals surface area (Å²) in [5, 5.41) is 37.5. The highest BCUT2D eigenvalue weighted by Gasteiger charge is 2.15. The highest BCUT2D eigenvalue weighted by molar-refractivity contribution is 4.67. The van der Waals surface area contributed by atoms with Crippen LogP contribution in [0.2, 0.25) is 0 Å². The molecule has 4 nitrogen and oxygen atoms in total. The average molecular weight is 375 g/mol. The van der Waals surface area contributed by atoms with Crippen LogP contribution in [0.5, 0.6) is 0 Å². The minimum absolute atomic E-state index is 0.311. The fraction of sp³-hybridized carbons (Fsp3) is 1.00. The Kier molecular flexibility index (Phi) is 21.0. The molecule has 26 heavy (non-hydrogen) atoms. The topological polar surface area (TPSA) is 80.9 Å². The van der Waals surface area contributed by atoms with Crippen LogP contribution in [0.3, 0.4) is 0 Å². The Morgan fingerprint density at radius 2 is 0.577 bits per heavy atom. The molecule has 0 radical (unpaired) electrons. The van der Waals surface area contributed by atoms with Gasteiger partial charge in [0.25, 0.3) is 0 Å². The predicted octanol–water partition coefficient (Wildman–Crippen LogP) is 4.71. The van der Waals surface area contributed by atoms with E-state index in [1.165, 1.54) is 51.4 Å². The first-order valence-electron chi connectivity index (χ1n) is 11.3. The van der Waals surface area contributed by atoms with E-state index < -0.39 is 12.2 Å². The van der Waals surface area contributed by atoms with Gasteiger partial charge in [0.1, 0.15) is 0 Å². The zero-order chi connectivity index (χ0) is 19.3. The van der Waals surface area contributed by atoms with Crippen molar-refractivity contribution in [1.29, 1.82) is 0 Å². The summed E-state index contributed by atoms with van der Waals surface area (Å²) in [5.41, 5.74) is 0. The van der Waals surface area contributed by atoms with E-state index in [-0.39, 0.29) is 0 Å². The zero-order valence-electron chi connectivity index (χ0n) is 17.1. The lowest BCUT2D eigenvalue weighted by Crippen LogP contribution is -2.25. The molecule has 0 spiro atoms. The lowest BCUT2D eigenvalue weighted by atomic mass is 9.99.